The van der Waals surface area contributed by atoms with E-state index in [1.54, 1.807) is 18.6 Å². The molecule has 3 rings (SSSR count). The molecule has 0 aliphatic heterocycles. The molecule has 21 heavy (non-hydrogen) atoms. The second-order valence-electron chi connectivity index (χ2n) is 4.74. The Labute approximate surface area is 123 Å². The lowest BCUT2D eigenvalue weighted by atomic mass is 10.1. The monoisotopic (exact) mass is 279 g/mol. The Hall–Kier alpha value is -2.69. The van der Waals surface area contributed by atoms with Crippen molar-refractivity contribution in [3.8, 4) is 0 Å². The molecular formula is C16H17N5. The first kappa shape index (κ1) is 13.3. The van der Waals surface area contributed by atoms with Gasteiger partial charge in [0, 0.05) is 30.0 Å². The molecule has 0 amide bonds. The Morgan fingerprint density at radius 3 is 2.81 bits per heavy atom. The van der Waals surface area contributed by atoms with Crippen LogP contribution in [0.2, 0.25) is 0 Å². The largest absolute Gasteiger partial charge is 0.369 e. The molecule has 5 heteroatoms. The molecular weight excluding hydrogens is 262 g/mol. The van der Waals surface area contributed by atoms with E-state index in [4.69, 9.17) is 0 Å². The van der Waals surface area contributed by atoms with Crippen LogP contribution in [0.5, 0.6) is 0 Å². The predicted octanol–water partition coefficient (Wildman–Crippen LogP) is 3.59. The molecule has 2 aromatic heterocycles. The van der Waals surface area contributed by atoms with Gasteiger partial charge in [0.1, 0.15) is 5.82 Å². The number of pyridine rings is 1. The first-order valence-corrected chi connectivity index (χ1v) is 7.02. The first-order valence-electron chi connectivity index (χ1n) is 7.02. The zero-order chi connectivity index (χ0) is 14.5. The number of benzene rings is 1. The average molecular weight is 279 g/mol. The van der Waals surface area contributed by atoms with E-state index in [9.17, 15) is 0 Å². The first-order chi connectivity index (χ1) is 10.4. The number of rotatable bonds is 5. The van der Waals surface area contributed by atoms with Crippen LogP contribution in [0.25, 0.3) is 10.8 Å². The van der Waals surface area contributed by atoms with Crippen molar-refractivity contribution in [1.82, 2.24) is 15.0 Å². The number of aromatic nitrogens is 3. The van der Waals surface area contributed by atoms with E-state index in [0.717, 1.165) is 35.2 Å². The number of fused-ring (bicyclic) bond motifs is 1. The number of hydrogen-bond acceptors (Lipinski definition) is 5. The van der Waals surface area contributed by atoms with Gasteiger partial charge in [0.25, 0.3) is 0 Å². The molecule has 0 saturated carbocycles. The summed E-state index contributed by atoms with van der Waals surface area (Å²) in [6.45, 7) is 3.00. The van der Waals surface area contributed by atoms with Gasteiger partial charge in [0.2, 0.25) is 0 Å². The highest BCUT2D eigenvalue weighted by molar-refractivity contribution is 5.94. The van der Waals surface area contributed by atoms with Crippen LogP contribution in [-0.2, 0) is 0 Å². The van der Waals surface area contributed by atoms with E-state index < -0.39 is 0 Å². The van der Waals surface area contributed by atoms with Crippen molar-refractivity contribution in [2.45, 2.75) is 13.3 Å². The summed E-state index contributed by atoms with van der Waals surface area (Å²) in [5, 5.41) is 8.75. The van der Waals surface area contributed by atoms with E-state index in [1.807, 2.05) is 24.4 Å². The van der Waals surface area contributed by atoms with Gasteiger partial charge in [-0.2, -0.15) is 0 Å². The molecule has 106 valence electrons. The van der Waals surface area contributed by atoms with Crippen LogP contribution < -0.4 is 10.6 Å². The summed E-state index contributed by atoms with van der Waals surface area (Å²) in [7, 11) is 0. The van der Waals surface area contributed by atoms with Crippen molar-refractivity contribution in [2.75, 3.05) is 17.2 Å². The van der Waals surface area contributed by atoms with Gasteiger partial charge in [0.15, 0.2) is 5.82 Å². The Morgan fingerprint density at radius 1 is 1.00 bits per heavy atom. The molecule has 0 aliphatic rings. The zero-order valence-electron chi connectivity index (χ0n) is 11.9. The van der Waals surface area contributed by atoms with E-state index in [0.29, 0.717) is 5.82 Å². The number of hydrogen-bond donors (Lipinski definition) is 2. The molecule has 5 nitrogen and oxygen atoms in total. The van der Waals surface area contributed by atoms with Crippen LogP contribution in [0.1, 0.15) is 13.3 Å². The van der Waals surface area contributed by atoms with Crippen LogP contribution in [0, 0.1) is 0 Å². The maximum absolute atomic E-state index is 4.51. The summed E-state index contributed by atoms with van der Waals surface area (Å²) in [6, 6.07) is 8.08. The van der Waals surface area contributed by atoms with E-state index in [1.165, 1.54) is 0 Å². The van der Waals surface area contributed by atoms with E-state index in [-0.39, 0.29) is 0 Å². The minimum absolute atomic E-state index is 0.715. The van der Waals surface area contributed by atoms with Gasteiger partial charge >= 0.3 is 0 Å². The molecule has 0 aliphatic carbocycles. The van der Waals surface area contributed by atoms with Crippen molar-refractivity contribution in [3.63, 3.8) is 0 Å². The average Bonchev–Trinajstić information content (AvgIpc) is 2.54. The van der Waals surface area contributed by atoms with Gasteiger partial charge in [-0.05, 0) is 23.9 Å². The Bertz CT molecular complexity index is 736. The molecule has 0 bridgehead atoms. The van der Waals surface area contributed by atoms with Gasteiger partial charge in [-0.25, -0.2) is 4.98 Å². The number of nitrogens with one attached hydrogen (secondary N) is 2. The van der Waals surface area contributed by atoms with Crippen molar-refractivity contribution in [1.29, 1.82) is 0 Å². The molecule has 0 fully saturated rings. The minimum Gasteiger partial charge on any atom is -0.369 e. The van der Waals surface area contributed by atoms with Crippen LogP contribution in [0.4, 0.5) is 17.3 Å². The SMILES string of the molecule is CCCNc1cncc(Nc2cccc3ccncc23)n1. The Balaban J connectivity index is 1.88. The molecule has 0 radical (unpaired) electrons. The molecule has 0 atom stereocenters. The predicted molar refractivity (Wildman–Crippen MR) is 85.8 cm³/mol. The van der Waals surface area contributed by atoms with Gasteiger partial charge < -0.3 is 10.6 Å². The third-order valence-electron chi connectivity index (χ3n) is 3.14. The fourth-order valence-corrected chi connectivity index (χ4v) is 2.12. The minimum atomic E-state index is 0.715. The van der Waals surface area contributed by atoms with Crippen LogP contribution >= 0.6 is 0 Å². The van der Waals surface area contributed by atoms with Crippen molar-refractivity contribution in [2.24, 2.45) is 0 Å². The van der Waals surface area contributed by atoms with E-state index >= 15 is 0 Å². The van der Waals surface area contributed by atoms with E-state index in [2.05, 4.69) is 38.6 Å². The molecule has 2 heterocycles. The highest BCUT2D eigenvalue weighted by atomic mass is 15.1. The zero-order valence-corrected chi connectivity index (χ0v) is 11.9. The van der Waals surface area contributed by atoms with Gasteiger partial charge in [0.05, 0.1) is 12.4 Å². The molecule has 2 N–H and O–H groups in total. The highest BCUT2D eigenvalue weighted by Gasteiger charge is 2.03. The summed E-state index contributed by atoms with van der Waals surface area (Å²) in [5.74, 6) is 1.49. The van der Waals surface area contributed by atoms with Crippen molar-refractivity contribution in [3.05, 3.63) is 49.1 Å². The molecule has 1 aromatic carbocycles. The lowest BCUT2D eigenvalue weighted by Crippen LogP contribution is -2.04. The third kappa shape index (κ3) is 3.08. The quantitative estimate of drug-likeness (QED) is 0.747. The number of anilines is 3. The molecule has 3 aromatic rings. The van der Waals surface area contributed by atoms with Gasteiger partial charge in [-0.1, -0.05) is 19.1 Å². The maximum Gasteiger partial charge on any atom is 0.151 e. The lowest BCUT2D eigenvalue weighted by Gasteiger charge is -2.10. The summed E-state index contributed by atoms with van der Waals surface area (Å²) in [4.78, 5) is 12.9. The second kappa shape index (κ2) is 6.17. The Kier molecular flexibility index (Phi) is 3.91. The van der Waals surface area contributed by atoms with Crippen LogP contribution in [0.3, 0.4) is 0 Å². The Morgan fingerprint density at radius 2 is 1.90 bits per heavy atom. The van der Waals surface area contributed by atoms with Gasteiger partial charge in [-0.3, -0.25) is 9.97 Å². The normalized spacial score (nSPS) is 10.5. The standard InChI is InChI=1S/C16H17N5/c1-2-7-19-15-10-18-11-16(21-15)20-14-5-3-4-12-6-8-17-9-13(12)14/h3-6,8-11H,2,7H2,1H3,(H2,19,20,21). The fourth-order valence-electron chi connectivity index (χ4n) is 2.12. The molecule has 0 saturated heterocycles. The van der Waals surface area contributed by atoms with Crippen LogP contribution in [0.15, 0.2) is 49.1 Å². The summed E-state index contributed by atoms with van der Waals surface area (Å²) in [6.07, 6.45) is 8.14. The third-order valence-corrected chi connectivity index (χ3v) is 3.14. The number of nitrogens with zero attached hydrogens (tertiary/aromatic N) is 3. The summed E-state index contributed by atoms with van der Waals surface area (Å²) < 4.78 is 0. The van der Waals surface area contributed by atoms with Crippen molar-refractivity contribution >= 4 is 28.1 Å². The fraction of sp³-hybridized carbons (Fsp3) is 0.188. The summed E-state index contributed by atoms with van der Waals surface area (Å²) >= 11 is 0. The van der Waals surface area contributed by atoms with Crippen molar-refractivity contribution < 1.29 is 0 Å². The smallest absolute Gasteiger partial charge is 0.151 e. The second-order valence-corrected chi connectivity index (χ2v) is 4.74. The topological polar surface area (TPSA) is 62.7 Å². The maximum atomic E-state index is 4.51. The van der Waals surface area contributed by atoms with Crippen LogP contribution in [-0.4, -0.2) is 21.5 Å². The lowest BCUT2D eigenvalue weighted by molar-refractivity contribution is 0.965. The van der Waals surface area contributed by atoms with Gasteiger partial charge in [-0.15, -0.1) is 0 Å². The molecule has 0 spiro atoms. The molecule has 0 unspecified atom stereocenters. The summed E-state index contributed by atoms with van der Waals surface area (Å²) in [5.41, 5.74) is 0.975. The highest BCUT2D eigenvalue weighted by Crippen LogP contribution is 2.24.